The minimum absolute atomic E-state index is 0.418. The van der Waals surface area contributed by atoms with Crippen LogP contribution in [0.2, 0.25) is 0 Å². The van der Waals surface area contributed by atoms with Crippen LogP contribution < -0.4 is 5.73 Å². The molecule has 0 radical (unpaired) electrons. The molecule has 0 saturated carbocycles. The fourth-order valence-electron chi connectivity index (χ4n) is 3.05. The predicted octanol–water partition coefficient (Wildman–Crippen LogP) is 3.01. The van der Waals surface area contributed by atoms with Crippen LogP contribution in [0.25, 0.3) is 0 Å². The van der Waals surface area contributed by atoms with Gasteiger partial charge in [0.2, 0.25) is 0 Å². The van der Waals surface area contributed by atoms with Crippen LogP contribution in [0, 0.1) is 5.92 Å². The largest absolute Gasteiger partial charge is 0.326 e. The summed E-state index contributed by atoms with van der Waals surface area (Å²) in [4.78, 5) is 2.65. The summed E-state index contributed by atoms with van der Waals surface area (Å²) in [6.07, 6.45) is 7.90. The Hall–Kier alpha value is -0.0800. The first-order valence-electron chi connectivity index (χ1n) is 7.24. The van der Waals surface area contributed by atoms with E-state index >= 15 is 0 Å². The minimum atomic E-state index is 0.418. The molecule has 0 spiro atoms. The lowest BCUT2D eigenvalue weighted by Crippen LogP contribution is -2.40. The van der Waals surface area contributed by atoms with Gasteiger partial charge in [0.1, 0.15) is 0 Å². The van der Waals surface area contributed by atoms with Crippen molar-refractivity contribution in [2.75, 3.05) is 13.1 Å². The van der Waals surface area contributed by atoms with Gasteiger partial charge < -0.3 is 5.73 Å². The third kappa shape index (κ3) is 3.46. The molecule has 2 nitrogen and oxygen atoms in total. The molecule has 1 aliphatic rings. The summed E-state index contributed by atoms with van der Waals surface area (Å²) in [5, 5.41) is 0. The Morgan fingerprint density at radius 2 is 1.81 bits per heavy atom. The Bertz CT molecular complexity index is 182. The Balaban J connectivity index is 2.34. The lowest BCUT2D eigenvalue weighted by Gasteiger charge is -2.25. The molecule has 1 fully saturated rings. The summed E-state index contributed by atoms with van der Waals surface area (Å²) in [5.74, 6) is 0.733. The lowest BCUT2D eigenvalue weighted by atomic mass is 9.96. The Kier molecular flexibility index (Phi) is 6.37. The zero-order chi connectivity index (χ0) is 12.0. The highest BCUT2D eigenvalue weighted by molar-refractivity contribution is 4.94. The highest BCUT2D eigenvalue weighted by atomic mass is 15.2. The van der Waals surface area contributed by atoms with Gasteiger partial charge in [-0.2, -0.15) is 0 Å². The van der Waals surface area contributed by atoms with Crippen molar-refractivity contribution in [3.8, 4) is 0 Å². The van der Waals surface area contributed by atoms with Crippen LogP contribution in [0.5, 0.6) is 0 Å². The monoisotopic (exact) mass is 226 g/mol. The number of rotatable bonds is 7. The maximum Gasteiger partial charge on any atom is 0.0247 e. The topological polar surface area (TPSA) is 29.3 Å². The molecule has 1 saturated heterocycles. The molecule has 0 aromatic rings. The molecular weight excluding hydrogens is 196 g/mol. The summed E-state index contributed by atoms with van der Waals surface area (Å²) >= 11 is 0. The quantitative estimate of drug-likeness (QED) is 0.676. The predicted molar refractivity (Wildman–Crippen MR) is 71.6 cm³/mol. The smallest absolute Gasteiger partial charge is 0.0247 e. The molecular formula is C14H30N2. The summed E-state index contributed by atoms with van der Waals surface area (Å²) in [6, 6.07) is 1.06. The van der Waals surface area contributed by atoms with Gasteiger partial charge in [0.25, 0.3) is 0 Å². The number of hydrogen-bond acceptors (Lipinski definition) is 2. The van der Waals surface area contributed by atoms with Crippen LogP contribution >= 0.6 is 0 Å². The highest BCUT2D eigenvalue weighted by Gasteiger charge is 2.36. The molecule has 0 bridgehead atoms. The molecule has 1 aliphatic heterocycles. The van der Waals surface area contributed by atoms with Gasteiger partial charge in [-0.15, -0.1) is 0 Å². The fourth-order valence-corrected chi connectivity index (χ4v) is 3.05. The maximum atomic E-state index is 6.32. The number of nitrogens with two attached hydrogens (primary N) is 1. The summed E-state index contributed by atoms with van der Waals surface area (Å²) in [5.41, 5.74) is 6.32. The van der Waals surface area contributed by atoms with Gasteiger partial charge in [-0.1, -0.05) is 46.5 Å². The van der Waals surface area contributed by atoms with E-state index in [0.29, 0.717) is 12.1 Å². The zero-order valence-electron chi connectivity index (χ0n) is 11.4. The van der Waals surface area contributed by atoms with Crippen molar-refractivity contribution in [3.05, 3.63) is 0 Å². The first-order chi connectivity index (χ1) is 7.74. The first kappa shape index (κ1) is 14.0. The van der Waals surface area contributed by atoms with Gasteiger partial charge >= 0.3 is 0 Å². The van der Waals surface area contributed by atoms with Gasteiger partial charge in [0, 0.05) is 18.6 Å². The van der Waals surface area contributed by atoms with E-state index < -0.39 is 0 Å². The number of nitrogens with zero attached hydrogens (tertiary/aromatic N) is 1. The molecule has 3 atom stereocenters. The van der Waals surface area contributed by atoms with Crippen LogP contribution in [-0.2, 0) is 0 Å². The second-order valence-electron chi connectivity index (χ2n) is 5.28. The van der Waals surface area contributed by atoms with Gasteiger partial charge in [0.15, 0.2) is 0 Å². The Labute approximate surface area is 102 Å². The summed E-state index contributed by atoms with van der Waals surface area (Å²) < 4.78 is 0. The lowest BCUT2D eigenvalue weighted by molar-refractivity contribution is 0.232. The SMILES string of the molecule is CCCCCCN1CC(CC)[C@H](N)C1CC. The third-order valence-electron chi connectivity index (χ3n) is 4.17. The van der Waals surface area contributed by atoms with Crippen molar-refractivity contribution in [2.45, 2.75) is 71.4 Å². The molecule has 1 heterocycles. The average Bonchev–Trinajstić information content (AvgIpc) is 2.60. The van der Waals surface area contributed by atoms with Crippen molar-refractivity contribution in [1.29, 1.82) is 0 Å². The molecule has 1 rings (SSSR count). The van der Waals surface area contributed by atoms with Crippen molar-refractivity contribution in [2.24, 2.45) is 11.7 Å². The van der Waals surface area contributed by atoms with E-state index in [2.05, 4.69) is 25.7 Å². The van der Waals surface area contributed by atoms with E-state index in [1.165, 1.54) is 51.6 Å². The van der Waals surface area contributed by atoms with Gasteiger partial charge in [0.05, 0.1) is 0 Å². The van der Waals surface area contributed by atoms with E-state index in [0.717, 1.165) is 5.92 Å². The van der Waals surface area contributed by atoms with Crippen LogP contribution in [0.1, 0.15) is 59.3 Å². The number of hydrogen-bond donors (Lipinski definition) is 1. The molecule has 0 aromatic heterocycles. The van der Waals surface area contributed by atoms with E-state index in [9.17, 15) is 0 Å². The van der Waals surface area contributed by atoms with Crippen molar-refractivity contribution in [3.63, 3.8) is 0 Å². The van der Waals surface area contributed by atoms with Gasteiger partial charge in [-0.3, -0.25) is 4.90 Å². The first-order valence-corrected chi connectivity index (χ1v) is 7.24. The molecule has 0 aromatic carbocycles. The Morgan fingerprint density at radius 1 is 1.06 bits per heavy atom. The van der Waals surface area contributed by atoms with Crippen LogP contribution in [-0.4, -0.2) is 30.1 Å². The number of unbranched alkanes of at least 4 members (excludes halogenated alkanes) is 3. The Morgan fingerprint density at radius 3 is 2.38 bits per heavy atom. The molecule has 2 N–H and O–H groups in total. The van der Waals surface area contributed by atoms with E-state index in [1.807, 2.05) is 0 Å². The van der Waals surface area contributed by atoms with E-state index in [-0.39, 0.29) is 0 Å². The van der Waals surface area contributed by atoms with E-state index in [4.69, 9.17) is 5.73 Å². The van der Waals surface area contributed by atoms with Crippen molar-refractivity contribution < 1.29 is 0 Å². The van der Waals surface area contributed by atoms with Crippen LogP contribution in [0.15, 0.2) is 0 Å². The normalized spacial score (nSPS) is 31.1. The fraction of sp³-hybridized carbons (Fsp3) is 1.00. The molecule has 0 amide bonds. The number of likely N-dealkylation sites (tertiary alicyclic amines) is 1. The highest BCUT2D eigenvalue weighted by Crippen LogP contribution is 2.27. The molecule has 0 aliphatic carbocycles. The average molecular weight is 226 g/mol. The summed E-state index contributed by atoms with van der Waals surface area (Å²) in [7, 11) is 0. The third-order valence-corrected chi connectivity index (χ3v) is 4.17. The van der Waals surface area contributed by atoms with E-state index in [1.54, 1.807) is 0 Å². The zero-order valence-corrected chi connectivity index (χ0v) is 11.4. The maximum absolute atomic E-state index is 6.32. The standard InChI is InChI=1S/C14H30N2/c1-4-7-8-9-10-16-11-12(5-2)14(15)13(16)6-3/h12-14H,4-11,15H2,1-3H3/t12?,13?,14-/m0/s1. The molecule has 96 valence electrons. The minimum Gasteiger partial charge on any atom is -0.326 e. The second-order valence-corrected chi connectivity index (χ2v) is 5.28. The van der Waals surface area contributed by atoms with Crippen LogP contribution in [0.3, 0.4) is 0 Å². The molecule has 2 heteroatoms. The van der Waals surface area contributed by atoms with Crippen molar-refractivity contribution in [1.82, 2.24) is 4.90 Å². The van der Waals surface area contributed by atoms with Gasteiger partial charge in [-0.25, -0.2) is 0 Å². The van der Waals surface area contributed by atoms with Crippen molar-refractivity contribution >= 4 is 0 Å². The molecule has 16 heavy (non-hydrogen) atoms. The summed E-state index contributed by atoms with van der Waals surface area (Å²) in [6.45, 7) is 9.33. The molecule has 2 unspecified atom stereocenters. The van der Waals surface area contributed by atoms with Crippen LogP contribution in [0.4, 0.5) is 0 Å². The van der Waals surface area contributed by atoms with Gasteiger partial charge in [-0.05, 0) is 25.3 Å². The second kappa shape index (κ2) is 7.29.